The molecule has 0 aromatic rings. The van der Waals surface area contributed by atoms with Gasteiger partial charge in [-0.15, -0.1) is 0 Å². The van der Waals surface area contributed by atoms with Gasteiger partial charge in [0.15, 0.2) is 0 Å². The van der Waals surface area contributed by atoms with E-state index >= 15 is 0 Å². The highest BCUT2D eigenvalue weighted by Gasteiger charge is 2.18. The molecule has 1 amide bonds. The summed E-state index contributed by atoms with van der Waals surface area (Å²) in [5.74, 6) is -0.0584. The molecule has 6 heteroatoms. The number of ether oxygens (including phenoxy) is 1. The van der Waals surface area contributed by atoms with E-state index < -0.39 is 12.1 Å². The minimum absolute atomic E-state index is 0.00605. The van der Waals surface area contributed by atoms with Gasteiger partial charge in [-0.2, -0.15) is 0 Å². The highest BCUT2D eigenvalue weighted by Crippen LogP contribution is 2.19. The molecule has 2 atom stereocenters. The summed E-state index contributed by atoms with van der Waals surface area (Å²) in [6.07, 6.45) is 87.9. The molecule has 0 saturated heterocycles. The van der Waals surface area contributed by atoms with Gasteiger partial charge in [-0.25, -0.2) is 0 Å². The molecule has 79 heavy (non-hydrogen) atoms. The van der Waals surface area contributed by atoms with Gasteiger partial charge in [-0.05, 0) is 64.2 Å². The predicted octanol–water partition coefficient (Wildman–Crippen LogP) is 23.1. The van der Waals surface area contributed by atoms with Crippen molar-refractivity contribution in [3.05, 3.63) is 36.5 Å². The van der Waals surface area contributed by atoms with Crippen molar-refractivity contribution >= 4 is 11.9 Å². The zero-order valence-corrected chi connectivity index (χ0v) is 53.4. The first-order valence-corrected chi connectivity index (χ1v) is 35.8. The van der Waals surface area contributed by atoms with Crippen molar-refractivity contribution in [3.8, 4) is 0 Å². The lowest BCUT2D eigenvalue weighted by Crippen LogP contribution is -2.45. The third kappa shape index (κ3) is 65.1. The average Bonchev–Trinajstić information content (AvgIpc) is 3.45. The van der Waals surface area contributed by atoms with Gasteiger partial charge < -0.3 is 20.3 Å². The molecule has 0 spiro atoms. The molecule has 6 nitrogen and oxygen atoms in total. The number of hydrogen-bond donors (Lipinski definition) is 3. The maximum absolute atomic E-state index is 12.5. The first-order valence-electron chi connectivity index (χ1n) is 35.8. The standard InChI is InChI=1S/C73H139NO5/c1-3-5-7-9-11-13-15-17-19-21-23-24-27-30-33-37-41-45-49-53-57-61-65-71(76)70(69-75)74-72(77)66-62-58-54-50-46-42-38-34-31-28-25-26-29-32-36-40-44-48-52-56-60-64-68-79-73(78)67-63-59-55-51-47-43-39-35-22-20-18-16-14-12-10-8-6-4-2/h14,16,20,22,61,65,70-71,75-76H,3-13,15,17-19,21,23-60,62-64,66-69H2,1-2H3,(H,74,77)/b16-14-,22-20-,65-61+. The molecular weight excluding hydrogens is 971 g/mol. The second-order valence-electron chi connectivity index (χ2n) is 24.6. The van der Waals surface area contributed by atoms with Gasteiger partial charge in [0.05, 0.1) is 25.4 Å². The van der Waals surface area contributed by atoms with Gasteiger partial charge in [0.2, 0.25) is 5.91 Å². The molecule has 0 aromatic carbocycles. The van der Waals surface area contributed by atoms with Crippen LogP contribution in [0.3, 0.4) is 0 Å². The van der Waals surface area contributed by atoms with E-state index in [9.17, 15) is 19.8 Å². The highest BCUT2D eigenvalue weighted by atomic mass is 16.5. The molecular formula is C73H139NO5. The van der Waals surface area contributed by atoms with E-state index in [2.05, 4.69) is 43.5 Å². The molecule has 0 rings (SSSR count). The lowest BCUT2D eigenvalue weighted by atomic mass is 10.0. The monoisotopic (exact) mass is 1110 g/mol. The molecule has 2 unspecified atom stereocenters. The average molecular weight is 1110 g/mol. The lowest BCUT2D eigenvalue weighted by Gasteiger charge is -2.20. The number of aliphatic hydroxyl groups is 2. The molecule has 0 heterocycles. The first kappa shape index (κ1) is 77.1. The van der Waals surface area contributed by atoms with Crippen molar-refractivity contribution in [1.29, 1.82) is 0 Å². The Hall–Kier alpha value is -1.92. The second-order valence-corrected chi connectivity index (χ2v) is 24.6. The van der Waals surface area contributed by atoms with Crippen molar-refractivity contribution in [3.63, 3.8) is 0 Å². The van der Waals surface area contributed by atoms with Gasteiger partial charge in [-0.1, -0.05) is 352 Å². The summed E-state index contributed by atoms with van der Waals surface area (Å²) >= 11 is 0. The zero-order chi connectivity index (χ0) is 57.1. The van der Waals surface area contributed by atoms with Gasteiger partial charge in [0, 0.05) is 12.8 Å². The molecule has 0 aromatic heterocycles. The van der Waals surface area contributed by atoms with Gasteiger partial charge in [0.25, 0.3) is 0 Å². The van der Waals surface area contributed by atoms with Crippen LogP contribution in [0.25, 0.3) is 0 Å². The van der Waals surface area contributed by atoms with E-state index in [1.165, 1.54) is 315 Å². The zero-order valence-electron chi connectivity index (χ0n) is 53.4. The van der Waals surface area contributed by atoms with E-state index in [4.69, 9.17) is 4.74 Å². The SMILES string of the molecule is CCCCCC/C=C\C/C=C\CCCCCCCCCC(=O)OCCCCCCCCCCCCCCCCCCCCCCCCC(=O)NC(CO)C(O)/C=C/CCCCCCCCCCCCCCCCCCCCCC. The van der Waals surface area contributed by atoms with Crippen LogP contribution in [0.2, 0.25) is 0 Å². The Morgan fingerprint density at radius 1 is 0.354 bits per heavy atom. The Morgan fingerprint density at radius 2 is 0.633 bits per heavy atom. The molecule has 0 fully saturated rings. The Labute approximate surface area is 494 Å². The van der Waals surface area contributed by atoms with E-state index in [-0.39, 0.29) is 18.5 Å². The topological polar surface area (TPSA) is 95.9 Å². The number of carbonyl (C=O) groups is 2. The van der Waals surface area contributed by atoms with Crippen LogP contribution in [0.5, 0.6) is 0 Å². The van der Waals surface area contributed by atoms with Crippen LogP contribution < -0.4 is 5.32 Å². The summed E-state index contributed by atoms with van der Waals surface area (Å²) < 4.78 is 5.50. The van der Waals surface area contributed by atoms with Crippen LogP contribution >= 0.6 is 0 Å². The van der Waals surface area contributed by atoms with Crippen molar-refractivity contribution in [2.24, 2.45) is 0 Å². The minimum atomic E-state index is -0.846. The molecule has 466 valence electrons. The number of aliphatic hydroxyl groups excluding tert-OH is 2. The first-order chi connectivity index (χ1) is 39.0. The quantitative estimate of drug-likeness (QED) is 0.0320. The number of carbonyl (C=O) groups excluding carboxylic acids is 2. The Kier molecular flexibility index (Phi) is 66.9. The van der Waals surface area contributed by atoms with Crippen molar-refractivity contribution < 1.29 is 24.5 Å². The third-order valence-electron chi connectivity index (χ3n) is 16.7. The number of unbranched alkanes of at least 4 members (excludes halogenated alkanes) is 52. The molecule has 0 saturated carbocycles. The van der Waals surface area contributed by atoms with Gasteiger partial charge in [-0.3, -0.25) is 9.59 Å². The van der Waals surface area contributed by atoms with E-state index in [1.54, 1.807) is 6.08 Å². The summed E-state index contributed by atoms with van der Waals surface area (Å²) in [5.41, 5.74) is 0. The summed E-state index contributed by atoms with van der Waals surface area (Å²) in [7, 11) is 0. The number of esters is 1. The fourth-order valence-corrected chi connectivity index (χ4v) is 11.2. The summed E-state index contributed by atoms with van der Waals surface area (Å²) in [5, 5.41) is 23.3. The molecule has 0 radical (unpaired) electrons. The molecule has 0 aliphatic carbocycles. The molecule has 0 aliphatic heterocycles. The molecule has 0 bridgehead atoms. The number of nitrogens with one attached hydrogen (secondary N) is 1. The number of rotatable bonds is 67. The van der Waals surface area contributed by atoms with Crippen LogP contribution in [-0.4, -0.2) is 47.4 Å². The normalized spacial score (nSPS) is 12.7. The lowest BCUT2D eigenvalue weighted by molar-refractivity contribution is -0.143. The molecule has 0 aliphatic rings. The fraction of sp³-hybridized carbons (Fsp3) is 0.890. The Balaban J connectivity index is 3.40. The Bertz CT molecular complexity index is 1280. The third-order valence-corrected chi connectivity index (χ3v) is 16.7. The van der Waals surface area contributed by atoms with Crippen molar-refractivity contribution in [2.75, 3.05) is 13.2 Å². The summed E-state index contributed by atoms with van der Waals surface area (Å²) in [6, 6.07) is -0.630. The maximum Gasteiger partial charge on any atom is 0.305 e. The summed E-state index contributed by atoms with van der Waals surface area (Å²) in [6.45, 7) is 4.92. The summed E-state index contributed by atoms with van der Waals surface area (Å²) in [4.78, 5) is 24.6. The highest BCUT2D eigenvalue weighted by molar-refractivity contribution is 5.76. The fourth-order valence-electron chi connectivity index (χ4n) is 11.2. The van der Waals surface area contributed by atoms with E-state index in [1.807, 2.05) is 6.08 Å². The minimum Gasteiger partial charge on any atom is -0.466 e. The van der Waals surface area contributed by atoms with Crippen LogP contribution in [0, 0.1) is 0 Å². The molecule has 3 N–H and O–H groups in total. The van der Waals surface area contributed by atoms with Crippen molar-refractivity contribution in [1.82, 2.24) is 5.32 Å². The van der Waals surface area contributed by atoms with E-state index in [0.29, 0.717) is 19.4 Å². The number of amides is 1. The van der Waals surface area contributed by atoms with E-state index in [0.717, 1.165) is 51.4 Å². The van der Waals surface area contributed by atoms with Crippen LogP contribution in [0.1, 0.15) is 393 Å². The van der Waals surface area contributed by atoms with Crippen LogP contribution in [-0.2, 0) is 14.3 Å². The maximum atomic E-state index is 12.5. The van der Waals surface area contributed by atoms with Gasteiger partial charge >= 0.3 is 5.97 Å². The van der Waals surface area contributed by atoms with Crippen LogP contribution in [0.15, 0.2) is 36.5 Å². The Morgan fingerprint density at radius 3 is 0.975 bits per heavy atom. The predicted molar refractivity (Wildman–Crippen MR) is 347 cm³/mol. The van der Waals surface area contributed by atoms with Gasteiger partial charge in [0.1, 0.15) is 0 Å². The largest absolute Gasteiger partial charge is 0.466 e. The van der Waals surface area contributed by atoms with Crippen LogP contribution in [0.4, 0.5) is 0 Å². The number of hydrogen-bond acceptors (Lipinski definition) is 5. The second kappa shape index (κ2) is 68.6. The number of allylic oxidation sites excluding steroid dienone is 5. The van der Waals surface area contributed by atoms with Crippen molar-refractivity contribution in [2.45, 2.75) is 405 Å². The smallest absolute Gasteiger partial charge is 0.305 e.